The summed E-state index contributed by atoms with van der Waals surface area (Å²) >= 11 is 0. The monoisotopic (exact) mass is 175 g/mol. The highest BCUT2D eigenvalue weighted by Gasteiger charge is 1.91. The molecule has 72 valence electrons. The number of hydrogen-bond acceptors (Lipinski definition) is 4. The van der Waals surface area contributed by atoms with Crippen LogP contribution < -0.4 is 5.32 Å². The van der Waals surface area contributed by atoms with Gasteiger partial charge in [0.05, 0.1) is 19.3 Å². The maximum Gasteiger partial charge on any atom is 0.169 e. The first kappa shape index (κ1) is 11.4. The zero-order chi connectivity index (χ0) is 9.40. The number of nitrogens with one attached hydrogen (secondary N) is 1. The van der Waals surface area contributed by atoms with Crippen LogP contribution in [0, 0.1) is 0 Å². The van der Waals surface area contributed by atoms with Crippen LogP contribution in [0.2, 0.25) is 0 Å². The van der Waals surface area contributed by atoms with E-state index in [0.29, 0.717) is 6.61 Å². The van der Waals surface area contributed by atoms with Crippen molar-refractivity contribution in [2.45, 2.75) is 26.2 Å². The van der Waals surface area contributed by atoms with Crippen molar-refractivity contribution in [1.29, 1.82) is 0 Å². The maximum absolute atomic E-state index is 8.43. The fourth-order valence-electron chi connectivity index (χ4n) is 0.553. The molecule has 0 aromatic rings. The third-order valence-corrected chi connectivity index (χ3v) is 1.06. The summed E-state index contributed by atoms with van der Waals surface area (Å²) in [6, 6.07) is 0. The van der Waals surface area contributed by atoms with Crippen LogP contribution in [0.1, 0.15) is 13.8 Å². The topological polar surface area (TPSA) is 61.7 Å². The predicted molar refractivity (Wildman–Crippen MR) is 46.5 cm³/mol. The summed E-state index contributed by atoms with van der Waals surface area (Å²) in [4.78, 5) is 0. The lowest BCUT2D eigenvalue weighted by Gasteiger charge is -2.04. The van der Waals surface area contributed by atoms with Crippen LogP contribution in [-0.4, -0.2) is 35.8 Å². The Labute approximate surface area is 72.9 Å². The highest BCUT2D eigenvalue weighted by atomic mass is 16.5. The minimum atomic E-state index is -1.30. The van der Waals surface area contributed by atoms with E-state index in [1.165, 1.54) is 0 Å². The molecule has 0 heterocycles. The lowest BCUT2D eigenvalue weighted by Crippen LogP contribution is -2.21. The summed E-state index contributed by atoms with van der Waals surface area (Å²) in [5.41, 5.74) is 0. The van der Waals surface area contributed by atoms with Crippen molar-refractivity contribution in [3.8, 4) is 0 Å². The van der Waals surface area contributed by atoms with E-state index in [4.69, 9.17) is 14.9 Å². The second kappa shape index (κ2) is 7.09. The quantitative estimate of drug-likeness (QED) is 0.490. The molecule has 0 aliphatic rings. The molecule has 0 saturated carbocycles. The van der Waals surface area contributed by atoms with Gasteiger partial charge in [-0.2, -0.15) is 0 Å². The van der Waals surface area contributed by atoms with Crippen LogP contribution >= 0.6 is 0 Å². The molecule has 0 aromatic carbocycles. The normalized spacial score (nSPS) is 11.8. The summed E-state index contributed by atoms with van der Waals surface area (Å²) in [6.07, 6.45) is 2.34. The van der Waals surface area contributed by atoms with Crippen LogP contribution in [-0.2, 0) is 4.74 Å². The summed E-state index contributed by atoms with van der Waals surface area (Å²) in [6.45, 7) is 4.59. The molecule has 12 heavy (non-hydrogen) atoms. The first-order valence-corrected chi connectivity index (χ1v) is 3.99. The van der Waals surface area contributed by atoms with Crippen molar-refractivity contribution in [3.63, 3.8) is 0 Å². The van der Waals surface area contributed by atoms with Gasteiger partial charge in [0, 0.05) is 0 Å². The van der Waals surface area contributed by atoms with E-state index in [1.807, 2.05) is 13.8 Å². The van der Waals surface area contributed by atoms with E-state index >= 15 is 0 Å². The largest absolute Gasteiger partial charge is 0.386 e. The number of rotatable bonds is 6. The molecule has 0 saturated heterocycles. The number of aliphatic hydroxyl groups is 2. The molecule has 0 fully saturated rings. The van der Waals surface area contributed by atoms with Gasteiger partial charge in [-0.3, -0.25) is 0 Å². The first-order valence-electron chi connectivity index (χ1n) is 3.99. The number of aliphatic hydroxyl groups excluding tert-OH is 1. The Bertz CT molecular complexity index is 109. The van der Waals surface area contributed by atoms with Gasteiger partial charge in [-0.15, -0.1) is 0 Å². The zero-order valence-electron chi connectivity index (χ0n) is 7.53. The van der Waals surface area contributed by atoms with Crippen molar-refractivity contribution in [3.05, 3.63) is 12.3 Å². The molecule has 0 aromatic heterocycles. The van der Waals surface area contributed by atoms with Gasteiger partial charge >= 0.3 is 0 Å². The third kappa shape index (κ3) is 9.42. The van der Waals surface area contributed by atoms with Crippen molar-refractivity contribution in [1.82, 2.24) is 5.32 Å². The third-order valence-electron chi connectivity index (χ3n) is 1.06. The Hall–Kier alpha value is -0.580. The lowest BCUT2D eigenvalue weighted by molar-refractivity contribution is -0.0350. The summed E-state index contributed by atoms with van der Waals surface area (Å²) in [5, 5.41) is 19.5. The molecule has 0 atom stereocenters. The van der Waals surface area contributed by atoms with Crippen molar-refractivity contribution < 1.29 is 14.9 Å². The van der Waals surface area contributed by atoms with E-state index in [1.54, 1.807) is 12.3 Å². The minimum Gasteiger partial charge on any atom is -0.386 e. The molecule has 0 aliphatic carbocycles. The molecule has 0 radical (unpaired) electrons. The average Bonchev–Trinajstić information content (AvgIpc) is 1.95. The lowest BCUT2D eigenvalue weighted by atomic mass is 10.5. The van der Waals surface area contributed by atoms with Crippen LogP contribution in [0.3, 0.4) is 0 Å². The summed E-state index contributed by atoms with van der Waals surface area (Å²) in [5.74, 6) is 0. The number of hydrogen-bond donors (Lipinski definition) is 3. The highest BCUT2D eigenvalue weighted by molar-refractivity contribution is 4.79. The molecule has 0 unspecified atom stereocenters. The Kier molecular flexibility index (Phi) is 6.75. The zero-order valence-corrected chi connectivity index (χ0v) is 7.53. The fraction of sp³-hybridized carbons (Fsp3) is 0.750. The first-order chi connectivity index (χ1) is 5.63. The van der Waals surface area contributed by atoms with Gasteiger partial charge in [0.25, 0.3) is 0 Å². The molecule has 0 aliphatic heterocycles. The SMILES string of the molecule is CC(C)OC/C=C\NCC(O)O. The van der Waals surface area contributed by atoms with Gasteiger partial charge in [0.2, 0.25) is 0 Å². The van der Waals surface area contributed by atoms with Gasteiger partial charge in [-0.25, -0.2) is 0 Å². The fourth-order valence-corrected chi connectivity index (χ4v) is 0.553. The van der Waals surface area contributed by atoms with Crippen LogP contribution in [0.15, 0.2) is 12.3 Å². The summed E-state index contributed by atoms with van der Waals surface area (Å²) < 4.78 is 5.20. The minimum absolute atomic E-state index is 0.137. The second-order valence-electron chi connectivity index (χ2n) is 2.67. The van der Waals surface area contributed by atoms with E-state index in [9.17, 15) is 0 Å². The molecule has 0 amide bonds. The van der Waals surface area contributed by atoms with Crippen molar-refractivity contribution in [2.75, 3.05) is 13.2 Å². The average molecular weight is 175 g/mol. The number of ether oxygens (including phenoxy) is 1. The van der Waals surface area contributed by atoms with E-state index in [-0.39, 0.29) is 12.6 Å². The second-order valence-corrected chi connectivity index (χ2v) is 2.67. The Morgan fingerprint density at radius 1 is 1.42 bits per heavy atom. The van der Waals surface area contributed by atoms with Crippen molar-refractivity contribution in [2.24, 2.45) is 0 Å². The van der Waals surface area contributed by atoms with E-state index < -0.39 is 6.29 Å². The molecule has 0 spiro atoms. The molecule has 4 nitrogen and oxygen atoms in total. The Morgan fingerprint density at radius 2 is 2.08 bits per heavy atom. The summed E-state index contributed by atoms with van der Waals surface area (Å²) in [7, 11) is 0. The van der Waals surface area contributed by atoms with Crippen LogP contribution in [0.5, 0.6) is 0 Å². The molecular weight excluding hydrogens is 158 g/mol. The van der Waals surface area contributed by atoms with Gasteiger partial charge in [0.15, 0.2) is 6.29 Å². The van der Waals surface area contributed by atoms with Gasteiger partial charge in [-0.05, 0) is 26.1 Å². The molecule has 3 N–H and O–H groups in total. The van der Waals surface area contributed by atoms with Gasteiger partial charge in [0.1, 0.15) is 0 Å². The van der Waals surface area contributed by atoms with Crippen molar-refractivity contribution >= 4 is 0 Å². The Morgan fingerprint density at radius 3 is 2.58 bits per heavy atom. The van der Waals surface area contributed by atoms with Gasteiger partial charge in [-0.1, -0.05) is 0 Å². The maximum atomic E-state index is 8.43. The van der Waals surface area contributed by atoms with E-state index in [0.717, 1.165) is 0 Å². The standard InChI is InChI=1S/C8H17NO3/c1-7(2)12-5-3-4-9-6-8(10)11/h3-4,7-11H,5-6H2,1-2H3/b4-3-. The molecule has 4 heteroatoms. The van der Waals surface area contributed by atoms with Crippen LogP contribution in [0.4, 0.5) is 0 Å². The van der Waals surface area contributed by atoms with Crippen LogP contribution in [0.25, 0.3) is 0 Å². The molecule has 0 rings (SSSR count). The predicted octanol–water partition coefficient (Wildman–Crippen LogP) is -0.175. The Balaban J connectivity index is 3.15. The van der Waals surface area contributed by atoms with Gasteiger partial charge < -0.3 is 20.3 Å². The molecule has 0 bridgehead atoms. The van der Waals surface area contributed by atoms with E-state index in [2.05, 4.69) is 5.32 Å². The smallest absolute Gasteiger partial charge is 0.169 e. The highest BCUT2D eigenvalue weighted by Crippen LogP contribution is 1.86. The molecular formula is C8H17NO3.